The van der Waals surface area contributed by atoms with Crippen molar-refractivity contribution in [3.8, 4) is 0 Å². The topological polar surface area (TPSA) is 26.3 Å². The highest BCUT2D eigenvalue weighted by Gasteiger charge is 2.02. The summed E-state index contributed by atoms with van der Waals surface area (Å²) in [5.41, 5.74) is 0. The van der Waals surface area contributed by atoms with E-state index in [4.69, 9.17) is 16.3 Å². The van der Waals surface area contributed by atoms with Crippen LogP contribution in [0.3, 0.4) is 0 Å². The van der Waals surface area contributed by atoms with Gasteiger partial charge in [-0.2, -0.15) is 0 Å². The van der Waals surface area contributed by atoms with Crippen LogP contribution in [0.25, 0.3) is 0 Å². The molecule has 0 aliphatic heterocycles. The van der Waals surface area contributed by atoms with Gasteiger partial charge in [-0.15, -0.1) is 6.58 Å². The second-order valence-corrected chi connectivity index (χ2v) is 2.26. The summed E-state index contributed by atoms with van der Waals surface area (Å²) in [5.74, 6) is 0.202. The Kier molecular flexibility index (Phi) is 5.57. The van der Waals surface area contributed by atoms with E-state index in [9.17, 15) is 4.79 Å². The molecular formula is C8H11ClO2. The summed E-state index contributed by atoms with van der Waals surface area (Å²) in [6.45, 7) is 3.54. The van der Waals surface area contributed by atoms with Crippen molar-refractivity contribution in [2.45, 2.75) is 12.8 Å². The van der Waals surface area contributed by atoms with Crippen molar-refractivity contribution in [1.82, 2.24) is 0 Å². The maximum Gasteiger partial charge on any atom is 0.286 e. The van der Waals surface area contributed by atoms with Gasteiger partial charge in [-0.05, 0) is 30.5 Å². The number of hydrogen-bond donors (Lipinski definition) is 0. The summed E-state index contributed by atoms with van der Waals surface area (Å²) < 4.78 is 4.70. The van der Waals surface area contributed by atoms with Crippen LogP contribution in [0, 0.1) is 0 Å². The number of rotatable bonds is 5. The predicted octanol–water partition coefficient (Wildman–Crippen LogP) is 2.25. The number of carbonyl (C=O) groups excluding carboxylic acids is 1. The fourth-order valence-corrected chi connectivity index (χ4v) is 0.730. The van der Waals surface area contributed by atoms with Crippen molar-refractivity contribution >= 4 is 16.8 Å². The largest absolute Gasteiger partial charge is 0.492 e. The van der Waals surface area contributed by atoms with Gasteiger partial charge in [-0.3, -0.25) is 4.79 Å². The Morgan fingerprint density at radius 3 is 2.64 bits per heavy atom. The Morgan fingerprint density at radius 2 is 2.27 bits per heavy atom. The second-order valence-electron chi connectivity index (χ2n) is 1.91. The fourth-order valence-electron chi connectivity index (χ4n) is 0.576. The maximum atomic E-state index is 10.5. The van der Waals surface area contributed by atoms with Gasteiger partial charge in [0.25, 0.3) is 5.24 Å². The number of halogens is 1. The Hall–Kier alpha value is -0.760. The zero-order valence-electron chi connectivity index (χ0n) is 6.47. The molecule has 0 aromatic rings. The smallest absolute Gasteiger partial charge is 0.286 e. The first-order chi connectivity index (χ1) is 5.22. The van der Waals surface area contributed by atoms with E-state index < -0.39 is 5.24 Å². The highest BCUT2D eigenvalue weighted by Crippen LogP contribution is 2.04. The van der Waals surface area contributed by atoms with Crippen molar-refractivity contribution in [3.63, 3.8) is 0 Å². The third kappa shape index (κ3) is 4.62. The van der Waals surface area contributed by atoms with Crippen molar-refractivity contribution < 1.29 is 9.53 Å². The SMILES string of the molecule is C=CCC/C=C(\OC)C(=O)Cl. The third-order valence-corrected chi connectivity index (χ3v) is 1.30. The van der Waals surface area contributed by atoms with Crippen LogP contribution in [0.1, 0.15) is 12.8 Å². The normalized spacial score (nSPS) is 10.9. The zero-order chi connectivity index (χ0) is 8.69. The van der Waals surface area contributed by atoms with Gasteiger partial charge in [-0.25, -0.2) is 0 Å². The third-order valence-electron chi connectivity index (χ3n) is 1.11. The summed E-state index contributed by atoms with van der Waals surface area (Å²) in [5, 5.41) is -0.559. The molecule has 0 saturated carbocycles. The van der Waals surface area contributed by atoms with Crippen LogP contribution in [0.15, 0.2) is 24.5 Å². The average molecular weight is 175 g/mol. The minimum atomic E-state index is -0.559. The van der Waals surface area contributed by atoms with E-state index in [1.54, 1.807) is 12.2 Å². The first-order valence-electron chi connectivity index (χ1n) is 3.27. The Labute approximate surface area is 71.5 Å². The number of allylic oxidation sites excluding steroid dienone is 3. The van der Waals surface area contributed by atoms with Gasteiger partial charge < -0.3 is 4.74 Å². The molecule has 0 unspecified atom stereocenters. The zero-order valence-corrected chi connectivity index (χ0v) is 7.23. The van der Waals surface area contributed by atoms with E-state index in [1.807, 2.05) is 0 Å². The lowest BCUT2D eigenvalue weighted by molar-refractivity contribution is -0.111. The van der Waals surface area contributed by atoms with E-state index in [0.717, 1.165) is 12.8 Å². The van der Waals surface area contributed by atoms with Gasteiger partial charge in [-0.1, -0.05) is 6.08 Å². The van der Waals surface area contributed by atoms with Crippen molar-refractivity contribution in [3.05, 3.63) is 24.5 Å². The Morgan fingerprint density at radius 1 is 1.64 bits per heavy atom. The van der Waals surface area contributed by atoms with Gasteiger partial charge in [0.2, 0.25) is 0 Å². The molecule has 2 nitrogen and oxygen atoms in total. The lowest BCUT2D eigenvalue weighted by Crippen LogP contribution is -1.95. The molecular weight excluding hydrogens is 164 g/mol. The number of methoxy groups -OCH3 is 1. The quantitative estimate of drug-likeness (QED) is 0.210. The lowest BCUT2D eigenvalue weighted by Gasteiger charge is -1.97. The minimum absolute atomic E-state index is 0.202. The molecule has 0 N–H and O–H groups in total. The van der Waals surface area contributed by atoms with Crippen LogP contribution in [0.5, 0.6) is 0 Å². The second kappa shape index (κ2) is 5.98. The molecule has 0 rings (SSSR count). The molecule has 0 bridgehead atoms. The number of ether oxygens (including phenoxy) is 1. The minimum Gasteiger partial charge on any atom is -0.492 e. The molecule has 0 aromatic carbocycles. The average Bonchev–Trinajstić information content (AvgIpc) is 1.97. The van der Waals surface area contributed by atoms with Gasteiger partial charge in [0.05, 0.1) is 7.11 Å². The first-order valence-corrected chi connectivity index (χ1v) is 3.65. The molecule has 0 aromatic heterocycles. The summed E-state index contributed by atoms with van der Waals surface area (Å²) in [7, 11) is 1.42. The van der Waals surface area contributed by atoms with Crippen molar-refractivity contribution in [2.75, 3.05) is 7.11 Å². The Balaban J connectivity index is 3.90. The molecule has 0 amide bonds. The predicted molar refractivity (Wildman–Crippen MR) is 45.4 cm³/mol. The van der Waals surface area contributed by atoms with Gasteiger partial charge >= 0.3 is 0 Å². The number of hydrogen-bond acceptors (Lipinski definition) is 2. The van der Waals surface area contributed by atoms with E-state index >= 15 is 0 Å². The summed E-state index contributed by atoms with van der Waals surface area (Å²) >= 11 is 5.16. The van der Waals surface area contributed by atoms with Crippen LogP contribution in [0.2, 0.25) is 0 Å². The molecule has 0 heterocycles. The van der Waals surface area contributed by atoms with Crippen LogP contribution in [-0.4, -0.2) is 12.4 Å². The standard InChI is InChI=1S/C8H11ClO2/c1-3-4-5-6-7(11-2)8(9)10/h3,6H,1,4-5H2,2H3/b7-6-. The van der Waals surface area contributed by atoms with Gasteiger partial charge in [0, 0.05) is 0 Å². The number of unbranched alkanes of at least 4 members (excludes halogenated alkanes) is 1. The molecule has 3 heteroatoms. The van der Waals surface area contributed by atoms with Crippen LogP contribution in [0.4, 0.5) is 0 Å². The van der Waals surface area contributed by atoms with E-state index in [0.29, 0.717) is 0 Å². The van der Waals surface area contributed by atoms with Crippen LogP contribution in [-0.2, 0) is 9.53 Å². The Bertz CT molecular complexity index is 173. The molecule has 0 spiro atoms. The van der Waals surface area contributed by atoms with Crippen molar-refractivity contribution in [1.29, 1.82) is 0 Å². The molecule has 0 atom stereocenters. The van der Waals surface area contributed by atoms with E-state index in [1.165, 1.54) is 7.11 Å². The molecule has 0 aliphatic carbocycles. The monoisotopic (exact) mass is 174 g/mol. The highest BCUT2D eigenvalue weighted by atomic mass is 35.5. The van der Waals surface area contributed by atoms with E-state index in [2.05, 4.69) is 6.58 Å². The first kappa shape index (κ1) is 10.2. The van der Waals surface area contributed by atoms with E-state index in [-0.39, 0.29) is 5.76 Å². The molecule has 0 aliphatic rings. The molecule has 0 fully saturated rings. The van der Waals surface area contributed by atoms with Crippen LogP contribution < -0.4 is 0 Å². The van der Waals surface area contributed by atoms with Crippen LogP contribution >= 0.6 is 11.6 Å². The van der Waals surface area contributed by atoms with Gasteiger partial charge in [0.15, 0.2) is 5.76 Å². The summed E-state index contributed by atoms with van der Waals surface area (Å²) in [6, 6.07) is 0. The molecule has 0 saturated heterocycles. The fraction of sp³-hybridized carbons (Fsp3) is 0.375. The highest BCUT2D eigenvalue weighted by molar-refractivity contribution is 6.67. The maximum absolute atomic E-state index is 10.5. The van der Waals surface area contributed by atoms with Gasteiger partial charge in [0.1, 0.15) is 0 Å². The molecule has 11 heavy (non-hydrogen) atoms. The summed E-state index contributed by atoms with van der Waals surface area (Å²) in [4.78, 5) is 10.5. The lowest BCUT2D eigenvalue weighted by atomic mass is 10.3. The molecule has 0 radical (unpaired) electrons. The molecule has 62 valence electrons. The summed E-state index contributed by atoms with van der Waals surface area (Å²) in [6.07, 6.45) is 4.96. The number of carbonyl (C=O) groups is 1. The van der Waals surface area contributed by atoms with Crippen molar-refractivity contribution in [2.24, 2.45) is 0 Å².